The number of nitrogens with one attached hydrogen (secondary N) is 1. The predicted molar refractivity (Wildman–Crippen MR) is 92.6 cm³/mol. The van der Waals surface area contributed by atoms with Gasteiger partial charge in [-0.15, -0.1) is 0 Å². The van der Waals surface area contributed by atoms with E-state index >= 15 is 0 Å². The summed E-state index contributed by atoms with van der Waals surface area (Å²) in [7, 11) is 0. The average molecular weight is 316 g/mol. The fraction of sp³-hybridized carbons (Fsp3) is 0.579. The quantitative estimate of drug-likeness (QED) is 0.787. The zero-order valence-corrected chi connectivity index (χ0v) is 14.3. The van der Waals surface area contributed by atoms with Gasteiger partial charge in [-0.2, -0.15) is 0 Å². The van der Waals surface area contributed by atoms with Gasteiger partial charge in [-0.1, -0.05) is 36.8 Å². The van der Waals surface area contributed by atoms with Crippen LogP contribution < -0.4 is 5.32 Å². The number of amides is 1. The first-order valence-electron chi connectivity index (χ1n) is 8.72. The molecule has 0 saturated carbocycles. The van der Waals surface area contributed by atoms with Gasteiger partial charge in [-0.05, 0) is 39.3 Å². The Morgan fingerprint density at radius 1 is 1.13 bits per heavy atom. The molecule has 0 spiro atoms. The van der Waals surface area contributed by atoms with Crippen molar-refractivity contribution in [1.82, 2.24) is 10.2 Å². The Bertz CT molecular complexity index is 519. The van der Waals surface area contributed by atoms with Gasteiger partial charge < -0.3 is 10.2 Å². The summed E-state index contributed by atoms with van der Waals surface area (Å²) in [6, 6.07) is 7.90. The highest BCUT2D eigenvalue weighted by atomic mass is 16.2. The van der Waals surface area contributed by atoms with Crippen molar-refractivity contribution < 1.29 is 9.59 Å². The highest BCUT2D eigenvalue weighted by Crippen LogP contribution is 2.15. The SMILES string of the molecule is CCCN(C(=O)CCC(=O)c1ccc(C)cc1)C1CCNCC1. The number of aryl methyl sites for hydroxylation is 1. The molecule has 2 rings (SSSR count). The second-order valence-electron chi connectivity index (χ2n) is 6.36. The molecule has 0 atom stereocenters. The van der Waals surface area contributed by atoms with Crippen LogP contribution in [0.4, 0.5) is 0 Å². The van der Waals surface area contributed by atoms with Gasteiger partial charge in [0, 0.05) is 31.0 Å². The molecular formula is C19H28N2O2. The maximum atomic E-state index is 12.6. The second-order valence-corrected chi connectivity index (χ2v) is 6.36. The summed E-state index contributed by atoms with van der Waals surface area (Å²) in [5, 5.41) is 3.33. The van der Waals surface area contributed by atoms with Crippen LogP contribution >= 0.6 is 0 Å². The number of Topliss-reactive ketones (excluding diaryl/α,β-unsaturated/α-hetero) is 1. The molecule has 4 nitrogen and oxygen atoms in total. The van der Waals surface area contributed by atoms with Crippen molar-refractivity contribution in [2.45, 2.75) is 52.0 Å². The van der Waals surface area contributed by atoms with Crippen molar-refractivity contribution in [3.8, 4) is 0 Å². The van der Waals surface area contributed by atoms with Crippen molar-refractivity contribution >= 4 is 11.7 Å². The minimum Gasteiger partial charge on any atom is -0.340 e. The van der Waals surface area contributed by atoms with Gasteiger partial charge in [0.05, 0.1) is 0 Å². The third-order valence-corrected chi connectivity index (χ3v) is 4.47. The van der Waals surface area contributed by atoms with E-state index < -0.39 is 0 Å². The Balaban J connectivity index is 1.90. The molecule has 1 fully saturated rings. The zero-order chi connectivity index (χ0) is 16.7. The highest BCUT2D eigenvalue weighted by Gasteiger charge is 2.24. The summed E-state index contributed by atoms with van der Waals surface area (Å²) in [6.45, 7) is 6.83. The molecule has 1 amide bonds. The number of ketones is 1. The number of nitrogens with zero attached hydrogens (tertiary/aromatic N) is 1. The molecule has 23 heavy (non-hydrogen) atoms. The van der Waals surface area contributed by atoms with E-state index in [-0.39, 0.29) is 11.7 Å². The first-order valence-corrected chi connectivity index (χ1v) is 8.72. The van der Waals surface area contributed by atoms with Gasteiger partial charge in [0.2, 0.25) is 5.91 Å². The van der Waals surface area contributed by atoms with E-state index in [1.165, 1.54) is 0 Å². The van der Waals surface area contributed by atoms with Crippen LogP contribution in [0.3, 0.4) is 0 Å². The number of carbonyl (C=O) groups is 2. The monoisotopic (exact) mass is 316 g/mol. The van der Waals surface area contributed by atoms with Crippen LogP contribution in [0.25, 0.3) is 0 Å². The molecule has 1 aliphatic heterocycles. The van der Waals surface area contributed by atoms with Gasteiger partial charge >= 0.3 is 0 Å². The molecule has 1 aromatic carbocycles. The summed E-state index contributed by atoms with van der Waals surface area (Å²) in [6.07, 6.45) is 3.60. The summed E-state index contributed by atoms with van der Waals surface area (Å²) in [4.78, 5) is 26.8. The van der Waals surface area contributed by atoms with Crippen molar-refractivity contribution in [3.63, 3.8) is 0 Å². The number of hydrogen-bond acceptors (Lipinski definition) is 3. The van der Waals surface area contributed by atoms with Crippen LogP contribution in [0.5, 0.6) is 0 Å². The molecular weight excluding hydrogens is 288 g/mol. The molecule has 0 aromatic heterocycles. The molecule has 126 valence electrons. The van der Waals surface area contributed by atoms with E-state index in [1.54, 1.807) is 0 Å². The van der Waals surface area contributed by atoms with Crippen molar-refractivity contribution in [1.29, 1.82) is 0 Å². The van der Waals surface area contributed by atoms with E-state index in [4.69, 9.17) is 0 Å². The van der Waals surface area contributed by atoms with Crippen LogP contribution in [0, 0.1) is 6.92 Å². The fourth-order valence-electron chi connectivity index (χ4n) is 3.12. The Kier molecular flexibility index (Phi) is 6.78. The van der Waals surface area contributed by atoms with E-state index in [9.17, 15) is 9.59 Å². The minimum atomic E-state index is 0.0557. The van der Waals surface area contributed by atoms with E-state index in [0.717, 1.165) is 44.5 Å². The Hall–Kier alpha value is -1.68. The Labute approximate surface area is 139 Å². The lowest BCUT2D eigenvalue weighted by Crippen LogP contribution is -2.46. The molecule has 1 aliphatic rings. The number of hydrogen-bond donors (Lipinski definition) is 1. The van der Waals surface area contributed by atoms with Crippen LogP contribution in [-0.4, -0.2) is 42.3 Å². The molecule has 0 bridgehead atoms. The minimum absolute atomic E-state index is 0.0557. The molecule has 1 aromatic rings. The lowest BCUT2D eigenvalue weighted by atomic mass is 10.0. The van der Waals surface area contributed by atoms with Crippen LogP contribution in [0.1, 0.15) is 54.9 Å². The maximum Gasteiger partial charge on any atom is 0.223 e. The molecule has 1 saturated heterocycles. The first-order chi connectivity index (χ1) is 11.1. The van der Waals surface area contributed by atoms with Gasteiger partial charge in [0.25, 0.3) is 0 Å². The Morgan fingerprint density at radius 3 is 2.39 bits per heavy atom. The summed E-state index contributed by atoms with van der Waals surface area (Å²) < 4.78 is 0. The lowest BCUT2D eigenvalue weighted by molar-refractivity contribution is -0.134. The normalized spacial score (nSPS) is 15.4. The number of carbonyl (C=O) groups excluding carboxylic acids is 2. The van der Waals surface area contributed by atoms with E-state index in [2.05, 4.69) is 12.2 Å². The fourth-order valence-corrected chi connectivity index (χ4v) is 3.12. The zero-order valence-electron chi connectivity index (χ0n) is 14.3. The third-order valence-electron chi connectivity index (χ3n) is 4.47. The molecule has 0 unspecified atom stereocenters. The van der Waals surface area contributed by atoms with Crippen molar-refractivity contribution in [2.75, 3.05) is 19.6 Å². The highest BCUT2D eigenvalue weighted by molar-refractivity contribution is 5.98. The van der Waals surface area contributed by atoms with Crippen molar-refractivity contribution in [3.05, 3.63) is 35.4 Å². The lowest BCUT2D eigenvalue weighted by Gasteiger charge is -2.34. The largest absolute Gasteiger partial charge is 0.340 e. The summed E-state index contributed by atoms with van der Waals surface area (Å²) in [5.74, 6) is 0.180. The molecule has 0 radical (unpaired) electrons. The van der Waals surface area contributed by atoms with Crippen molar-refractivity contribution in [2.24, 2.45) is 0 Å². The number of benzene rings is 1. The topological polar surface area (TPSA) is 49.4 Å². The van der Waals surface area contributed by atoms with Crippen LogP contribution in [0.2, 0.25) is 0 Å². The first kappa shape index (κ1) is 17.7. The van der Waals surface area contributed by atoms with Gasteiger partial charge in [0.1, 0.15) is 0 Å². The number of piperidine rings is 1. The molecule has 0 aliphatic carbocycles. The average Bonchev–Trinajstić information content (AvgIpc) is 2.58. The molecule has 1 N–H and O–H groups in total. The molecule has 4 heteroatoms. The summed E-state index contributed by atoms with van der Waals surface area (Å²) in [5.41, 5.74) is 1.84. The van der Waals surface area contributed by atoms with Crippen LogP contribution in [0.15, 0.2) is 24.3 Å². The molecule has 1 heterocycles. The van der Waals surface area contributed by atoms with Crippen LogP contribution in [-0.2, 0) is 4.79 Å². The predicted octanol–water partition coefficient (Wildman–Crippen LogP) is 2.95. The summed E-state index contributed by atoms with van der Waals surface area (Å²) >= 11 is 0. The maximum absolute atomic E-state index is 12.6. The third kappa shape index (κ3) is 5.17. The van der Waals surface area contributed by atoms with Gasteiger partial charge in [-0.3, -0.25) is 9.59 Å². The smallest absolute Gasteiger partial charge is 0.223 e. The van der Waals surface area contributed by atoms with Gasteiger partial charge in [0.15, 0.2) is 5.78 Å². The Morgan fingerprint density at radius 2 is 1.78 bits per heavy atom. The standard InChI is InChI=1S/C19H28N2O2/c1-3-14-21(17-10-12-20-13-11-17)19(23)9-8-18(22)16-6-4-15(2)5-7-16/h4-7,17,20H,3,8-14H2,1-2H3. The van der Waals surface area contributed by atoms with Gasteiger partial charge in [-0.25, -0.2) is 0 Å². The van der Waals surface area contributed by atoms with E-state index in [1.807, 2.05) is 36.1 Å². The second kappa shape index (κ2) is 8.82. The van der Waals surface area contributed by atoms with E-state index in [0.29, 0.717) is 24.4 Å². The number of rotatable bonds is 7.